The number of rotatable bonds is 8. The van der Waals surface area contributed by atoms with Gasteiger partial charge in [-0.1, -0.05) is 91.0 Å². The summed E-state index contributed by atoms with van der Waals surface area (Å²) < 4.78 is 11.2. The van der Waals surface area contributed by atoms with Crippen LogP contribution in [0.25, 0.3) is 0 Å². The Hall–Kier alpha value is -2.46. The molecule has 0 bridgehead atoms. The van der Waals surface area contributed by atoms with E-state index >= 15 is 0 Å². The Morgan fingerprint density at radius 2 is 1.13 bits per heavy atom. The summed E-state index contributed by atoms with van der Waals surface area (Å²) in [6, 6.07) is 33.4. The molecular weight excluding hydrogens is 370 g/mol. The fourth-order valence-electron chi connectivity index (χ4n) is 4.97. The van der Waals surface area contributed by atoms with Crippen LogP contribution in [0, 0.1) is 0 Å². The zero-order valence-corrected chi connectivity index (χ0v) is 17.3. The summed E-state index contributed by atoms with van der Waals surface area (Å²) in [6.45, 7) is 2.57. The van der Waals surface area contributed by atoms with Crippen molar-refractivity contribution in [3.8, 4) is 0 Å². The molecule has 3 aromatic rings. The molecule has 0 amide bonds. The van der Waals surface area contributed by atoms with Crippen molar-refractivity contribution in [2.24, 2.45) is 0 Å². The molecule has 1 unspecified atom stereocenters. The van der Waals surface area contributed by atoms with Crippen LogP contribution in [-0.4, -0.2) is 37.0 Å². The lowest BCUT2D eigenvalue weighted by Gasteiger charge is -2.38. The van der Waals surface area contributed by atoms with Crippen LogP contribution in [0.5, 0.6) is 0 Å². The van der Waals surface area contributed by atoms with Gasteiger partial charge in [-0.2, -0.15) is 0 Å². The largest absolute Gasteiger partial charge is 0.350 e. The molecule has 0 N–H and O–H groups in total. The van der Waals surface area contributed by atoms with E-state index in [1.807, 2.05) is 0 Å². The normalized spacial score (nSPS) is 21.6. The van der Waals surface area contributed by atoms with Gasteiger partial charge < -0.3 is 9.47 Å². The van der Waals surface area contributed by atoms with Crippen LogP contribution in [0.4, 0.5) is 0 Å². The van der Waals surface area contributed by atoms with Crippen molar-refractivity contribution in [3.05, 3.63) is 108 Å². The van der Waals surface area contributed by atoms with Crippen molar-refractivity contribution in [2.45, 2.75) is 37.1 Å². The lowest BCUT2D eigenvalue weighted by Crippen LogP contribution is -2.39. The zero-order chi connectivity index (χ0) is 20.2. The Morgan fingerprint density at radius 1 is 0.667 bits per heavy atom. The van der Waals surface area contributed by atoms with Crippen molar-refractivity contribution in [1.82, 2.24) is 4.90 Å². The topological polar surface area (TPSA) is 21.5 Å². The monoisotopic (exact) mass is 399 g/mol. The summed E-state index contributed by atoms with van der Waals surface area (Å²) in [7, 11) is 0. The Morgan fingerprint density at radius 3 is 1.60 bits per heavy atom. The number of hydrogen-bond donors (Lipinski definition) is 0. The third-order valence-corrected chi connectivity index (χ3v) is 6.39. The van der Waals surface area contributed by atoms with Crippen molar-refractivity contribution in [2.75, 3.05) is 19.8 Å². The molecule has 0 aromatic heterocycles. The lowest BCUT2D eigenvalue weighted by molar-refractivity contribution is -0.0480. The van der Waals surface area contributed by atoms with Crippen molar-refractivity contribution < 1.29 is 9.47 Å². The van der Waals surface area contributed by atoms with E-state index in [9.17, 15) is 0 Å². The molecule has 0 aliphatic carbocycles. The molecule has 0 spiro atoms. The summed E-state index contributed by atoms with van der Waals surface area (Å²) in [5.74, 6) is 0. The maximum atomic E-state index is 5.62. The zero-order valence-electron chi connectivity index (χ0n) is 17.3. The Kier molecular flexibility index (Phi) is 5.67. The van der Waals surface area contributed by atoms with Gasteiger partial charge >= 0.3 is 0 Å². The van der Waals surface area contributed by atoms with E-state index in [2.05, 4.69) is 95.9 Å². The molecule has 2 fully saturated rings. The average molecular weight is 400 g/mol. The smallest absolute Gasteiger partial charge is 0.157 e. The first kappa shape index (κ1) is 19.5. The van der Waals surface area contributed by atoms with Crippen LogP contribution in [0.15, 0.2) is 91.0 Å². The number of nitrogens with zero attached hydrogens (tertiary/aromatic N) is 1. The predicted molar refractivity (Wildman–Crippen MR) is 119 cm³/mol. The minimum atomic E-state index is -0.269. The summed E-state index contributed by atoms with van der Waals surface area (Å²) >= 11 is 0. The highest BCUT2D eigenvalue weighted by Gasteiger charge is 2.52. The van der Waals surface area contributed by atoms with Gasteiger partial charge in [-0.25, -0.2) is 0 Å². The fraction of sp³-hybridized carbons (Fsp3) is 0.333. The molecular formula is C27H29NO2. The van der Waals surface area contributed by atoms with Gasteiger partial charge in [0.2, 0.25) is 0 Å². The Labute approximate surface area is 179 Å². The first-order chi connectivity index (χ1) is 14.9. The highest BCUT2D eigenvalue weighted by molar-refractivity contribution is 5.51. The summed E-state index contributed by atoms with van der Waals surface area (Å²) in [5.41, 5.74) is 3.71. The van der Waals surface area contributed by atoms with Crippen LogP contribution < -0.4 is 0 Å². The highest BCUT2D eigenvalue weighted by atomic mass is 16.7. The van der Waals surface area contributed by atoms with Gasteiger partial charge in [0.05, 0.1) is 18.8 Å². The van der Waals surface area contributed by atoms with E-state index in [1.54, 1.807) is 0 Å². The predicted octanol–water partition coefficient (Wildman–Crippen LogP) is 5.21. The minimum Gasteiger partial charge on any atom is -0.350 e. The van der Waals surface area contributed by atoms with E-state index in [0.717, 1.165) is 39.0 Å². The van der Waals surface area contributed by atoms with E-state index < -0.39 is 0 Å². The van der Waals surface area contributed by atoms with Crippen LogP contribution in [0.3, 0.4) is 0 Å². The molecule has 3 aromatic carbocycles. The maximum absolute atomic E-state index is 5.62. The summed E-state index contributed by atoms with van der Waals surface area (Å²) in [6.07, 6.45) is 3.27. The Bertz CT molecular complexity index is 826. The van der Waals surface area contributed by atoms with Gasteiger partial charge in [0.15, 0.2) is 6.29 Å². The molecule has 2 atom stereocenters. The molecule has 0 radical (unpaired) electrons. The number of hydrogen-bond acceptors (Lipinski definition) is 3. The molecule has 2 saturated heterocycles. The van der Waals surface area contributed by atoms with E-state index in [1.165, 1.54) is 16.7 Å². The van der Waals surface area contributed by atoms with Gasteiger partial charge in [0.25, 0.3) is 0 Å². The van der Waals surface area contributed by atoms with Crippen LogP contribution >= 0.6 is 0 Å². The van der Waals surface area contributed by atoms with Gasteiger partial charge in [-0.3, -0.25) is 4.90 Å². The second-order valence-electron chi connectivity index (χ2n) is 8.22. The standard InChI is InChI=1S/C27H29NO2/c1-4-11-22(12-5-1)27(23-13-6-2-7-14-23,24-15-8-3-9-16-24)28-21-25(28)17-10-18-26-29-19-20-30-26/h1-9,11-16,25-26H,10,17-21H2/t25-,28?/m1/s1. The summed E-state index contributed by atoms with van der Waals surface area (Å²) in [5, 5.41) is 0. The molecule has 5 rings (SSSR count). The highest BCUT2D eigenvalue weighted by Crippen LogP contribution is 2.49. The molecule has 30 heavy (non-hydrogen) atoms. The lowest BCUT2D eigenvalue weighted by atomic mass is 9.76. The molecule has 0 saturated carbocycles. The number of benzene rings is 3. The minimum absolute atomic E-state index is 0.000623. The van der Waals surface area contributed by atoms with Crippen molar-refractivity contribution in [1.29, 1.82) is 0 Å². The SMILES string of the molecule is c1ccc(C(c2ccccc2)(c2ccccc2)N2C[C@H]2CCCC2OCCO2)cc1. The van der Waals surface area contributed by atoms with E-state index in [-0.39, 0.29) is 11.8 Å². The second kappa shape index (κ2) is 8.73. The maximum Gasteiger partial charge on any atom is 0.157 e. The fourth-order valence-corrected chi connectivity index (χ4v) is 4.97. The Balaban J connectivity index is 1.49. The molecule has 3 nitrogen and oxygen atoms in total. The first-order valence-corrected chi connectivity index (χ1v) is 11.1. The number of ether oxygens (including phenoxy) is 2. The van der Waals surface area contributed by atoms with Crippen LogP contribution in [0.2, 0.25) is 0 Å². The van der Waals surface area contributed by atoms with Gasteiger partial charge in [-0.15, -0.1) is 0 Å². The molecule has 154 valence electrons. The average Bonchev–Trinajstić information content (AvgIpc) is 3.38. The first-order valence-electron chi connectivity index (χ1n) is 11.1. The van der Waals surface area contributed by atoms with Gasteiger partial charge in [0.1, 0.15) is 0 Å². The third kappa shape index (κ3) is 3.69. The molecule has 2 aliphatic heterocycles. The van der Waals surface area contributed by atoms with E-state index in [4.69, 9.17) is 9.47 Å². The van der Waals surface area contributed by atoms with E-state index in [0.29, 0.717) is 6.04 Å². The molecule has 2 aliphatic rings. The molecule has 3 heteroatoms. The second-order valence-corrected chi connectivity index (χ2v) is 8.22. The quantitative estimate of drug-likeness (QED) is 0.384. The third-order valence-electron chi connectivity index (χ3n) is 6.39. The van der Waals surface area contributed by atoms with Crippen molar-refractivity contribution >= 4 is 0 Å². The molecule has 2 heterocycles. The van der Waals surface area contributed by atoms with Gasteiger partial charge in [0, 0.05) is 12.6 Å². The van der Waals surface area contributed by atoms with Crippen LogP contribution in [0.1, 0.15) is 36.0 Å². The van der Waals surface area contributed by atoms with Crippen LogP contribution in [-0.2, 0) is 15.0 Å². The van der Waals surface area contributed by atoms with Crippen molar-refractivity contribution in [3.63, 3.8) is 0 Å². The van der Waals surface area contributed by atoms with Gasteiger partial charge in [-0.05, 0) is 36.0 Å². The summed E-state index contributed by atoms with van der Waals surface area (Å²) in [4.78, 5) is 2.67.